The maximum atomic E-state index is 13.7. The molecule has 2 atom stereocenters. The van der Waals surface area contributed by atoms with E-state index in [-0.39, 0.29) is 29.3 Å². The molecule has 0 aliphatic carbocycles. The molecule has 3 rings (SSSR count). The smallest absolute Gasteiger partial charge is 0.140 e. The van der Waals surface area contributed by atoms with Gasteiger partial charge in [0.15, 0.2) is 0 Å². The minimum absolute atomic E-state index is 0.0417. The Morgan fingerprint density at radius 1 is 1.43 bits per heavy atom. The summed E-state index contributed by atoms with van der Waals surface area (Å²) in [7, 11) is 0. The van der Waals surface area contributed by atoms with Gasteiger partial charge in [-0.25, -0.2) is 8.78 Å². The molecule has 2 aliphatic heterocycles. The van der Waals surface area contributed by atoms with Gasteiger partial charge in [0.2, 0.25) is 0 Å². The zero-order valence-corrected chi connectivity index (χ0v) is 12.6. The zero-order chi connectivity index (χ0) is 14.9. The largest absolute Gasteiger partial charge is 0.374 e. The third-order valence-corrected chi connectivity index (χ3v) is 5.62. The SMILES string of the molecule is O=C(Cc1ccc(F)cc1F)C1CCOC2(CCSC2)C1. The Balaban J connectivity index is 1.67. The van der Waals surface area contributed by atoms with E-state index in [9.17, 15) is 13.6 Å². The van der Waals surface area contributed by atoms with Crippen LogP contribution in [0.15, 0.2) is 18.2 Å². The van der Waals surface area contributed by atoms with Gasteiger partial charge in [-0.3, -0.25) is 4.79 Å². The summed E-state index contributed by atoms with van der Waals surface area (Å²) in [5.41, 5.74) is 0.132. The molecule has 0 saturated carbocycles. The van der Waals surface area contributed by atoms with E-state index in [1.54, 1.807) is 0 Å². The molecule has 21 heavy (non-hydrogen) atoms. The van der Waals surface area contributed by atoms with Crippen molar-refractivity contribution in [2.24, 2.45) is 5.92 Å². The fourth-order valence-electron chi connectivity index (χ4n) is 3.16. The third kappa shape index (κ3) is 3.29. The normalized spacial score (nSPS) is 29.0. The average Bonchev–Trinajstić information content (AvgIpc) is 2.90. The second kappa shape index (κ2) is 6.05. The van der Waals surface area contributed by atoms with Crippen LogP contribution >= 0.6 is 11.8 Å². The van der Waals surface area contributed by atoms with E-state index in [2.05, 4.69) is 0 Å². The molecule has 5 heteroatoms. The van der Waals surface area contributed by atoms with Crippen LogP contribution in [0.5, 0.6) is 0 Å². The number of Topliss-reactive ketones (excluding diaryl/α,β-unsaturated/α-hetero) is 1. The maximum absolute atomic E-state index is 13.7. The number of ketones is 1. The summed E-state index contributed by atoms with van der Waals surface area (Å²) in [6.07, 6.45) is 2.47. The predicted molar refractivity (Wildman–Crippen MR) is 78.4 cm³/mol. The molecule has 2 saturated heterocycles. The van der Waals surface area contributed by atoms with Crippen molar-refractivity contribution in [1.29, 1.82) is 0 Å². The number of hydrogen-bond acceptors (Lipinski definition) is 3. The van der Waals surface area contributed by atoms with Crippen LogP contribution < -0.4 is 0 Å². The lowest BCUT2D eigenvalue weighted by molar-refractivity contribution is -0.133. The fourth-order valence-corrected chi connectivity index (χ4v) is 4.54. The van der Waals surface area contributed by atoms with Crippen LogP contribution in [0, 0.1) is 17.6 Å². The molecule has 2 heterocycles. The lowest BCUT2D eigenvalue weighted by atomic mass is 9.81. The number of benzene rings is 1. The quantitative estimate of drug-likeness (QED) is 0.856. The Labute approximate surface area is 127 Å². The molecule has 1 spiro atoms. The van der Waals surface area contributed by atoms with Gasteiger partial charge in [-0.1, -0.05) is 6.07 Å². The van der Waals surface area contributed by atoms with Crippen molar-refractivity contribution in [2.75, 3.05) is 18.1 Å². The Kier molecular flexibility index (Phi) is 4.31. The number of thioether (sulfide) groups is 1. The Bertz CT molecular complexity index is 541. The minimum atomic E-state index is -0.637. The number of ether oxygens (including phenoxy) is 1. The van der Waals surface area contributed by atoms with Crippen molar-refractivity contribution in [3.8, 4) is 0 Å². The van der Waals surface area contributed by atoms with Gasteiger partial charge in [0.25, 0.3) is 0 Å². The first-order chi connectivity index (χ1) is 10.1. The number of halogens is 2. The van der Waals surface area contributed by atoms with E-state index in [0.29, 0.717) is 13.0 Å². The average molecular weight is 312 g/mol. The van der Waals surface area contributed by atoms with Crippen LogP contribution in [0.2, 0.25) is 0 Å². The summed E-state index contributed by atoms with van der Waals surface area (Å²) in [5.74, 6) is 0.745. The van der Waals surface area contributed by atoms with E-state index < -0.39 is 11.6 Å². The summed E-state index contributed by atoms with van der Waals surface area (Å²) in [4.78, 5) is 12.4. The summed E-state index contributed by atoms with van der Waals surface area (Å²) in [5, 5.41) is 0. The Hall–Kier alpha value is -0.940. The molecule has 1 aromatic carbocycles. The highest BCUT2D eigenvalue weighted by Gasteiger charge is 2.42. The van der Waals surface area contributed by atoms with Crippen molar-refractivity contribution >= 4 is 17.5 Å². The highest BCUT2D eigenvalue weighted by molar-refractivity contribution is 7.99. The Morgan fingerprint density at radius 3 is 3.00 bits per heavy atom. The van der Waals surface area contributed by atoms with Crippen molar-refractivity contribution in [2.45, 2.75) is 31.3 Å². The number of rotatable bonds is 3. The molecule has 0 amide bonds. The highest BCUT2D eigenvalue weighted by atomic mass is 32.2. The predicted octanol–water partition coefficient (Wildman–Crippen LogP) is 3.38. The zero-order valence-electron chi connectivity index (χ0n) is 11.7. The monoisotopic (exact) mass is 312 g/mol. The van der Waals surface area contributed by atoms with E-state index in [1.165, 1.54) is 12.1 Å². The molecule has 2 nitrogen and oxygen atoms in total. The van der Waals surface area contributed by atoms with Crippen LogP contribution in [-0.4, -0.2) is 29.5 Å². The lowest BCUT2D eigenvalue weighted by Crippen LogP contribution is -2.42. The van der Waals surface area contributed by atoms with Gasteiger partial charge < -0.3 is 4.74 Å². The molecule has 0 N–H and O–H groups in total. The molecular weight excluding hydrogens is 294 g/mol. The first-order valence-corrected chi connectivity index (χ1v) is 8.42. The van der Waals surface area contributed by atoms with Crippen LogP contribution in [0.1, 0.15) is 24.8 Å². The van der Waals surface area contributed by atoms with Gasteiger partial charge in [-0.2, -0.15) is 11.8 Å². The second-order valence-corrected chi connectivity index (χ2v) is 7.01. The molecular formula is C16H18F2O2S. The molecule has 2 unspecified atom stereocenters. The molecule has 2 fully saturated rings. The van der Waals surface area contributed by atoms with E-state index in [1.807, 2.05) is 11.8 Å². The van der Waals surface area contributed by atoms with Gasteiger partial charge in [-0.15, -0.1) is 0 Å². The maximum Gasteiger partial charge on any atom is 0.140 e. The summed E-state index contributed by atoms with van der Waals surface area (Å²) < 4.78 is 32.4. The van der Waals surface area contributed by atoms with Crippen molar-refractivity contribution in [3.05, 3.63) is 35.4 Å². The van der Waals surface area contributed by atoms with Gasteiger partial charge >= 0.3 is 0 Å². The van der Waals surface area contributed by atoms with Gasteiger partial charge in [0.1, 0.15) is 17.4 Å². The number of carbonyl (C=O) groups is 1. The fraction of sp³-hybridized carbons (Fsp3) is 0.562. The standard InChI is InChI=1S/C16H18F2O2S/c17-13-2-1-11(14(18)8-13)7-15(19)12-3-5-20-16(9-12)4-6-21-10-16/h1-2,8,12H,3-7,9-10H2. The van der Waals surface area contributed by atoms with Crippen molar-refractivity contribution < 1.29 is 18.3 Å². The summed E-state index contributed by atoms with van der Waals surface area (Å²) in [6, 6.07) is 3.40. The second-order valence-electron chi connectivity index (χ2n) is 5.90. The Morgan fingerprint density at radius 2 is 2.29 bits per heavy atom. The molecule has 0 bridgehead atoms. The van der Waals surface area contributed by atoms with Gasteiger partial charge in [0, 0.05) is 30.8 Å². The van der Waals surface area contributed by atoms with E-state index >= 15 is 0 Å². The van der Waals surface area contributed by atoms with E-state index in [4.69, 9.17) is 4.74 Å². The molecule has 2 aliphatic rings. The van der Waals surface area contributed by atoms with Crippen LogP contribution in [0.25, 0.3) is 0 Å². The van der Waals surface area contributed by atoms with Crippen LogP contribution in [0.4, 0.5) is 8.78 Å². The molecule has 0 radical (unpaired) electrons. The summed E-state index contributed by atoms with van der Waals surface area (Å²) >= 11 is 1.86. The van der Waals surface area contributed by atoms with Gasteiger partial charge in [0.05, 0.1) is 5.60 Å². The lowest BCUT2D eigenvalue weighted by Gasteiger charge is -2.37. The number of hydrogen-bond donors (Lipinski definition) is 0. The van der Waals surface area contributed by atoms with Gasteiger partial charge in [-0.05, 0) is 36.6 Å². The molecule has 114 valence electrons. The topological polar surface area (TPSA) is 26.3 Å². The molecule has 1 aromatic rings. The van der Waals surface area contributed by atoms with Crippen molar-refractivity contribution in [3.63, 3.8) is 0 Å². The first-order valence-electron chi connectivity index (χ1n) is 7.26. The summed E-state index contributed by atoms with van der Waals surface area (Å²) in [6.45, 7) is 0.600. The third-order valence-electron chi connectivity index (χ3n) is 4.40. The van der Waals surface area contributed by atoms with Crippen LogP contribution in [-0.2, 0) is 16.0 Å². The number of carbonyl (C=O) groups excluding carboxylic acids is 1. The van der Waals surface area contributed by atoms with Crippen LogP contribution in [0.3, 0.4) is 0 Å². The minimum Gasteiger partial charge on any atom is -0.374 e. The highest BCUT2D eigenvalue weighted by Crippen LogP contribution is 2.40. The van der Waals surface area contributed by atoms with Crippen molar-refractivity contribution in [1.82, 2.24) is 0 Å². The molecule has 0 aromatic heterocycles. The van der Waals surface area contributed by atoms with E-state index in [0.717, 1.165) is 30.4 Å². The first kappa shape index (κ1) is 15.0.